The Labute approximate surface area is 160 Å². The van der Waals surface area contributed by atoms with Crippen molar-refractivity contribution in [2.45, 2.75) is 51.5 Å². The summed E-state index contributed by atoms with van der Waals surface area (Å²) in [6, 6.07) is 11.2. The van der Waals surface area contributed by atoms with E-state index in [0.717, 1.165) is 41.2 Å². The standard InChI is InChI=1S/C23H26FNO2/c1-3-26-21-13-18-17-7-5-6-8-20(17)25-23(15-9-11-16(24)12-10-15)19(18)14-22(21)27-4-2/h9-14,17,20H,3-8H2,1-2H3/t17-,20-/m1/s1. The molecule has 0 amide bonds. The smallest absolute Gasteiger partial charge is 0.161 e. The largest absolute Gasteiger partial charge is 0.490 e. The van der Waals surface area contributed by atoms with Gasteiger partial charge in [-0.15, -0.1) is 0 Å². The molecule has 27 heavy (non-hydrogen) atoms. The number of nitrogens with zero attached hydrogens (tertiary/aromatic N) is 1. The Kier molecular flexibility index (Phi) is 5.15. The van der Waals surface area contributed by atoms with Crippen LogP contribution in [-0.2, 0) is 0 Å². The van der Waals surface area contributed by atoms with Crippen molar-refractivity contribution in [2.24, 2.45) is 4.99 Å². The van der Waals surface area contributed by atoms with Gasteiger partial charge in [-0.1, -0.05) is 12.8 Å². The second kappa shape index (κ2) is 7.71. The number of fused-ring (bicyclic) bond motifs is 3. The topological polar surface area (TPSA) is 30.8 Å². The molecular weight excluding hydrogens is 341 g/mol. The number of hydrogen-bond acceptors (Lipinski definition) is 3. The maximum Gasteiger partial charge on any atom is 0.161 e. The van der Waals surface area contributed by atoms with E-state index in [-0.39, 0.29) is 5.82 Å². The molecule has 1 fully saturated rings. The van der Waals surface area contributed by atoms with Crippen LogP contribution in [0.15, 0.2) is 41.4 Å². The van der Waals surface area contributed by atoms with Gasteiger partial charge < -0.3 is 9.47 Å². The summed E-state index contributed by atoms with van der Waals surface area (Å²) in [6.07, 6.45) is 4.70. The molecule has 0 aromatic heterocycles. The van der Waals surface area contributed by atoms with Crippen molar-refractivity contribution in [3.8, 4) is 11.5 Å². The summed E-state index contributed by atoms with van der Waals surface area (Å²) < 4.78 is 25.2. The molecule has 2 atom stereocenters. The third kappa shape index (κ3) is 3.45. The average molecular weight is 367 g/mol. The fourth-order valence-corrected chi connectivity index (χ4v) is 4.33. The van der Waals surface area contributed by atoms with Crippen LogP contribution in [0.25, 0.3) is 0 Å². The lowest BCUT2D eigenvalue weighted by atomic mass is 9.75. The Bertz CT molecular complexity index is 844. The van der Waals surface area contributed by atoms with E-state index >= 15 is 0 Å². The molecule has 2 aromatic rings. The molecule has 2 aliphatic rings. The molecule has 0 radical (unpaired) electrons. The van der Waals surface area contributed by atoms with E-state index in [1.165, 1.54) is 30.5 Å². The van der Waals surface area contributed by atoms with Crippen molar-refractivity contribution in [3.05, 3.63) is 58.9 Å². The number of hydrogen-bond donors (Lipinski definition) is 0. The first kappa shape index (κ1) is 18.0. The summed E-state index contributed by atoms with van der Waals surface area (Å²) in [6.45, 7) is 5.14. The molecule has 4 heteroatoms. The fourth-order valence-electron chi connectivity index (χ4n) is 4.33. The highest BCUT2D eigenvalue weighted by atomic mass is 19.1. The number of rotatable bonds is 5. The molecule has 4 rings (SSSR count). The van der Waals surface area contributed by atoms with Crippen molar-refractivity contribution >= 4 is 5.71 Å². The molecule has 0 unspecified atom stereocenters. The molecule has 1 aliphatic heterocycles. The maximum atomic E-state index is 13.4. The van der Waals surface area contributed by atoms with Crippen molar-refractivity contribution in [3.63, 3.8) is 0 Å². The van der Waals surface area contributed by atoms with Crippen LogP contribution in [0, 0.1) is 5.82 Å². The third-order valence-electron chi connectivity index (χ3n) is 5.51. The van der Waals surface area contributed by atoms with Gasteiger partial charge in [-0.2, -0.15) is 0 Å². The van der Waals surface area contributed by atoms with Crippen LogP contribution in [0.5, 0.6) is 11.5 Å². The van der Waals surface area contributed by atoms with E-state index in [0.29, 0.717) is 25.2 Å². The zero-order chi connectivity index (χ0) is 18.8. The highest BCUT2D eigenvalue weighted by Crippen LogP contribution is 2.44. The van der Waals surface area contributed by atoms with Gasteiger partial charge in [-0.05, 0) is 68.7 Å². The van der Waals surface area contributed by atoms with Gasteiger partial charge in [-0.3, -0.25) is 4.99 Å². The number of ether oxygens (including phenoxy) is 2. The summed E-state index contributed by atoms with van der Waals surface area (Å²) in [4.78, 5) is 5.12. The van der Waals surface area contributed by atoms with Gasteiger partial charge in [0.05, 0.1) is 25.0 Å². The first-order chi connectivity index (χ1) is 13.2. The quantitative estimate of drug-likeness (QED) is 0.698. The Balaban J connectivity index is 1.87. The first-order valence-corrected chi connectivity index (χ1v) is 9.99. The van der Waals surface area contributed by atoms with Crippen molar-refractivity contribution in [2.75, 3.05) is 13.2 Å². The van der Waals surface area contributed by atoms with Gasteiger partial charge in [-0.25, -0.2) is 4.39 Å². The van der Waals surface area contributed by atoms with E-state index < -0.39 is 0 Å². The van der Waals surface area contributed by atoms with E-state index in [2.05, 4.69) is 12.1 Å². The van der Waals surface area contributed by atoms with Gasteiger partial charge in [0.25, 0.3) is 0 Å². The fraction of sp³-hybridized carbons (Fsp3) is 0.435. The lowest BCUT2D eigenvalue weighted by Gasteiger charge is -2.36. The number of aliphatic imine (C=N–C) groups is 1. The predicted molar refractivity (Wildman–Crippen MR) is 106 cm³/mol. The molecule has 0 saturated heterocycles. The van der Waals surface area contributed by atoms with Gasteiger partial charge >= 0.3 is 0 Å². The minimum absolute atomic E-state index is 0.229. The summed E-state index contributed by atoms with van der Waals surface area (Å²) in [7, 11) is 0. The van der Waals surface area contributed by atoms with E-state index in [4.69, 9.17) is 14.5 Å². The highest BCUT2D eigenvalue weighted by molar-refractivity contribution is 6.15. The summed E-state index contributed by atoms with van der Waals surface area (Å²) in [5.41, 5.74) is 4.28. The molecule has 0 bridgehead atoms. The zero-order valence-electron chi connectivity index (χ0n) is 16.0. The maximum absolute atomic E-state index is 13.4. The number of halogens is 1. The Morgan fingerprint density at radius 1 is 0.963 bits per heavy atom. The number of benzene rings is 2. The van der Waals surface area contributed by atoms with Crippen LogP contribution in [0.3, 0.4) is 0 Å². The Morgan fingerprint density at radius 3 is 2.33 bits per heavy atom. The second-order valence-corrected chi connectivity index (χ2v) is 7.20. The molecule has 2 aromatic carbocycles. The normalized spacial score (nSPS) is 21.1. The lowest BCUT2D eigenvalue weighted by molar-refractivity contribution is 0.286. The zero-order valence-corrected chi connectivity index (χ0v) is 16.0. The average Bonchev–Trinajstić information content (AvgIpc) is 2.69. The van der Waals surface area contributed by atoms with Crippen LogP contribution < -0.4 is 9.47 Å². The van der Waals surface area contributed by atoms with E-state index in [9.17, 15) is 4.39 Å². The molecule has 142 valence electrons. The third-order valence-corrected chi connectivity index (χ3v) is 5.51. The molecule has 0 N–H and O–H groups in total. The van der Waals surface area contributed by atoms with Crippen LogP contribution >= 0.6 is 0 Å². The summed E-state index contributed by atoms with van der Waals surface area (Å²) >= 11 is 0. The molecule has 1 heterocycles. The minimum Gasteiger partial charge on any atom is -0.490 e. The lowest BCUT2D eigenvalue weighted by Crippen LogP contribution is -2.29. The van der Waals surface area contributed by atoms with Gasteiger partial charge in [0.1, 0.15) is 5.82 Å². The summed E-state index contributed by atoms with van der Waals surface area (Å²) in [5, 5.41) is 0. The molecule has 1 saturated carbocycles. The molecule has 3 nitrogen and oxygen atoms in total. The Morgan fingerprint density at radius 2 is 1.63 bits per heavy atom. The second-order valence-electron chi connectivity index (χ2n) is 7.20. The van der Waals surface area contributed by atoms with Gasteiger partial charge in [0.2, 0.25) is 0 Å². The van der Waals surface area contributed by atoms with E-state index in [1.807, 2.05) is 26.0 Å². The van der Waals surface area contributed by atoms with Crippen LogP contribution in [0.4, 0.5) is 4.39 Å². The molecule has 1 aliphatic carbocycles. The SMILES string of the molecule is CCOc1cc2c(cc1OCC)[C@H]1CCCC[C@H]1N=C2c1ccc(F)cc1. The summed E-state index contributed by atoms with van der Waals surface area (Å²) in [5.74, 6) is 1.76. The van der Waals surface area contributed by atoms with Crippen molar-refractivity contribution < 1.29 is 13.9 Å². The van der Waals surface area contributed by atoms with Crippen molar-refractivity contribution in [1.29, 1.82) is 0 Å². The highest BCUT2D eigenvalue weighted by Gasteiger charge is 2.34. The molecule has 0 spiro atoms. The monoisotopic (exact) mass is 367 g/mol. The van der Waals surface area contributed by atoms with E-state index in [1.54, 1.807) is 0 Å². The first-order valence-electron chi connectivity index (χ1n) is 9.99. The van der Waals surface area contributed by atoms with Gasteiger partial charge in [0.15, 0.2) is 11.5 Å². The van der Waals surface area contributed by atoms with Crippen LogP contribution in [0.1, 0.15) is 62.1 Å². The Hall–Kier alpha value is -2.36. The van der Waals surface area contributed by atoms with Crippen molar-refractivity contribution in [1.82, 2.24) is 0 Å². The van der Waals surface area contributed by atoms with Crippen LogP contribution in [0.2, 0.25) is 0 Å². The molecular formula is C23H26FNO2. The minimum atomic E-state index is -0.229. The predicted octanol–water partition coefficient (Wildman–Crippen LogP) is 5.50. The van der Waals surface area contributed by atoms with Crippen LogP contribution in [-0.4, -0.2) is 25.0 Å². The van der Waals surface area contributed by atoms with Gasteiger partial charge in [0, 0.05) is 17.0 Å².